The first-order chi connectivity index (χ1) is 13.8. The van der Waals surface area contributed by atoms with Crippen LogP contribution in [-0.2, 0) is 15.9 Å². The number of β-amino-alcohol motifs (C(OH)–C–C–N with tert-alkyl or cyclic N) is 1. The summed E-state index contributed by atoms with van der Waals surface area (Å²) in [5.41, 5.74) is -0.271. The lowest BCUT2D eigenvalue weighted by Gasteiger charge is -2.21. The minimum Gasteiger partial charge on any atom is -0.444 e. The average Bonchev–Trinajstić information content (AvgIpc) is 3.11. The van der Waals surface area contributed by atoms with Crippen molar-refractivity contribution in [3.8, 4) is 0 Å². The van der Waals surface area contributed by atoms with Crippen molar-refractivity contribution in [2.75, 3.05) is 31.5 Å². The van der Waals surface area contributed by atoms with Crippen LogP contribution in [0.1, 0.15) is 47.2 Å². The van der Waals surface area contributed by atoms with Gasteiger partial charge in [0.05, 0.1) is 11.8 Å². The van der Waals surface area contributed by atoms with E-state index in [-0.39, 0.29) is 5.92 Å². The molecule has 9 nitrogen and oxygen atoms in total. The highest BCUT2D eigenvalue weighted by molar-refractivity contribution is 7.13. The molecule has 1 aromatic rings. The van der Waals surface area contributed by atoms with Crippen LogP contribution in [0.2, 0.25) is 0 Å². The zero-order valence-corrected chi connectivity index (χ0v) is 19.5. The number of rotatable bonds is 6. The molecule has 30 heavy (non-hydrogen) atoms. The Bertz CT molecular complexity index is 726. The van der Waals surface area contributed by atoms with E-state index in [1.165, 1.54) is 11.3 Å². The van der Waals surface area contributed by atoms with Crippen LogP contribution in [-0.4, -0.2) is 70.7 Å². The summed E-state index contributed by atoms with van der Waals surface area (Å²) in [5.74, 6) is 0.0444. The number of amides is 2. The van der Waals surface area contributed by atoms with Gasteiger partial charge in [-0.1, -0.05) is 0 Å². The first-order valence-electron chi connectivity index (χ1n) is 10.1. The maximum atomic E-state index is 11.8. The molecule has 2 atom stereocenters. The van der Waals surface area contributed by atoms with Crippen LogP contribution in [0.4, 0.5) is 14.7 Å². The second-order valence-electron chi connectivity index (χ2n) is 9.49. The molecule has 1 saturated heterocycles. The number of anilines is 1. The Labute approximate surface area is 182 Å². The molecule has 3 N–H and O–H groups in total. The van der Waals surface area contributed by atoms with Crippen LogP contribution >= 0.6 is 11.3 Å². The molecular weight excluding hydrogens is 408 g/mol. The van der Waals surface area contributed by atoms with Gasteiger partial charge >= 0.3 is 12.2 Å². The van der Waals surface area contributed by atoms with Crippen LogP contribution in [0.25, 0.3) is 0 Å². The van der Waals surface area contributed by atoms with E-state index in [0.29, 0.717) is 37.7 Å². The second-order valence-corrected chi connectivity index (χ2v) is 10.3. The number of carbonyl (C=O) groups excluding carboxylic acids is 2. The van der Waals surface area contributed by atoms with Gasteiger partial charge < -0.3 is 19.9 Å². The Morgan fingerprint density at radius 1 is 1.17 bits per heavy atom. The highest BCUT2D eigenvalue weighted by atomic mass is 32.1. The normalized spacial score (nSPS) is 20.1. The Hall–Kier alpha value is -1.91. The lowest BCUT2D eigenvalue weighted by molar-refractivity contribution is 0.0522. The molecule has 2 amide bonds. The lowest BCUT2D eigenvalue weighted by Crippen LogP contribution is -2.37. The molecule has 1 aromatic heterocycles. The molecule has 0 radical (unpaired) electrons. The Morgan fingerprint density at radius 3 is 2.43 bits per heavy atom. The van der Waals surface area contributed by atoms with E-state index in [0.717, 1.165) is 5.69 Å². The number of aliphatic hydroxyl groups excluding tert-OH is 1. The zero-order valence-electron chi connectivity index (χ0n) is 18.7. The van der Waals surface area contributed by atoms with Gasteiger partial charge in [-0.2, -0.15) is 0 Å². The fourth-order valence-electron chi connectivity index (χ4n) is 3.07. The molecule has 10 heteroatoms. The fourth-order valence-corrected chi connectivity index (χ4v) is 3.78. The molecule has 0 unspecified atom stereocenters. The van der Waals surface area contributed by atoms with Gasteiger partial charge in [-0.3, -0.25) is 10.2 Å². The van der Waals surface area contributed by atoms with Crippen LogP contribution in [0.3, 0.4) is 0 Å². The van der Waals surface area contributed by atoms with Gasteiger partial charge in [-0.15, -0.1) is 11.3 Å². The van der Waals surface area contributed by atoms with E-state index < -0.39 is 29.5 Å². The topological polar surface area (TPSA) is 113 Å². The summed E-state index contributed by atoms with van der Waals surface area (Å²) in [5, 5.41) is 18.1. The molecule has 0 aromatic carbocycles. The number of nitrogens with one attached hydrogen (secondary N) is 2. The number of alkyl carbamates (subject to hydrolysis) is 1. The maximum Gasteiger partial charge on any atom is 0.413 e. The lowest BCUT2D eigenvalue weighted by atomic mass is 10.0. The third kappa shape index (κ3) is 8.85. The first kappa shape index (κ1) is 24.4. The van der Waals surface area contributed by atoms with Crippen LogP contribution in [0.15, 0.2) is 5.38 Å². The zero-order chi connectivity index (χ0) is 22.5. The third-order valence-electron chi connectivity index (χ3n) is 4.21. The van der Waals surface area contributed by atoms with Crippen molar-refractivity contribution in [2.45, 2.75) is 65.3 Å². The van der Waals surface area contributed by atoms with Crippen molar-refractivity contribution in [1.82, 2.24) is 15.2 Å². The van der Waals surface area contributed by atoms with Crippen molar-refractivity contribution in [1.29, 1.82) is 0 Å². The van der Waals surface area contributed by atoms with Crippen LogP contribution in [0.5, 0.6) is 0 Å². The van der Waals surface area contributed by atoms with E-state index in [9.17, 15) is 14.7 Å². The number of hydrogen-bond acceptors (Lipinski definition) is 8. The number of ether oxygens (including phenoxy) is 2. The number of aliphatic hydroxyl groups is 1. The summed E-state index contributed by atoms with van der Waals surface area (Å²) in [6, 6.07) is 0. The number of thiazole rings is 1. The highest BCUT2D eigenvalue weighted by Gasteiger charge is 2.31. The average molecular weight is 443 g/mol. The van der Waals surface area contributed by atoms with Crippen LogP contribution in [0, 0.1) is 5.92 Å². The SMILES string of the molecule is CC(C)(C)OC(=O)NCCN1C[C@@H](Cc2csc(NC(=O)OC(C)(C)C)n2)[C@H](O)C1. The molecular formula is C20H34N4O5S. The van der Waals surface area contributed by atoms with Gasteiger partial charge in [0, 0.05) is 37.5 Å². The molecule has 1 aliphatic rings. The van der Waals surface area contributed by atoms with Gasteiger partial charge in [0.15, 0.2) is 5.13 Å². The quantitative estimate of drug-likeness (QED) is 0.621. The monoisotopic (exact) mass is 442 g/mol. The molecule has 0 bridgehead atoms. The summed E-state index contributed by atoms with van der Waals surface area (Å²) in [6.45, 7) is 13.2. The Balaban J connectivity index is 1.76. The standard InChI is InChI=1S/C20H34N4O5S/c1-19(2,3)28-17(26)21-7-8-24-10-13(15(25)11-24)9-14-12-30-16(22-14)23-18(27)29-20(4,5)6/h12-13,15,25H,7-11H2,1-6H3,(H,21,26)(H,22,23,27)/t13-,15-/m1/s1. The highest BCUT2D eigenvalue weighted by Crippen LogP contribution is 2.24. The van der Waals surface area contributed by atoms with Crippen molar-refractivity contribution in [2.24, 2.45) is 5.92 Å². The summed E-state index contributed by atoms with van der Waals surface area (Å²) in [6.07, 6.45) is -0.821. The van der Waals surface area contributed by atoms with E-state index in [1.54, 1.807) is 20.8 Å². The molecule has 2 rings (SSSR count). The van der Waals surface area contributed by atoms with Gasteiger partial charge in [0.2, 0.25) is 0 Å². The minimum atomic E-state index is -0.570. The van der Waals surface area contributed by atoms with E-state index >= 15 is 0 Å². The number of likely N-dealkylation sites (tertiary alicyclic amines) is 1. The maximum absolute atomic E-state index is 11.8. The summed E-state index contributed by atoms with van der Waals surface area (Å²) >= 11 is 1.33. The summed E-state index contributed by atoms with van der Waals surface area (Å²) < 4.78 is 10.4. The smallest absolute Gasteiger partial charge is 0.413 e. The fraction of sp³-hybridized carbons (Fsp3) is 0.750. The molecule has 1 aliphatic heterocycles. The van der Waals surface area contributed by atoms with Gasteiger partial charge in [-0.25, -0.2) is 14.6 Å². The predicted octanol–water partition coefficient (Wildman–Crippen LogP) is 2.85. The second kappa shape index (κ2) is 9.93. The Kier molecular flexibility index (Phi) is 8.06. The predicted molar refractivity (Wildman–Crippen MR) is 116 cm³/mol. The van der Waals surface area contributed by atoms with Crippen LogP contribution < -0.4 is 10.6 Å². The molecule has 170 valence electrons. The van der Waals surface area contributed by atoms with Crippen molar-refractivity contribution in [3.63, 3.8) is 0 Å². The van der Waals surface area contributed by atoms with E-state index in [2.05, 4.69) is 20.5 Å². The first-order valence-corrected chi connectivity index (χ1v) is 11.0. The largest absolute Gasteiger partial charge is 0.444 e. The van der Waals surface area contributed by atoms with Crippen molar-refractivity contribution < 1.29 is 24.2 Å². The van der Waals surface area contributed by atoms with Crippen molar-refractivity contribution in [3.05, 3.63) is 11.1 Å². The molecule has 0 saturated carbocycles. The molecule has 0 spiro atoms. The molecule has 1 fully saturated rings. The number of hydrogen-bond donors (Lipinski definition) is 3. The minimum absolute atomic E-state index is 0.0444. The Morgan fingerprint density at radius 2 is 1.80 bits per heavy atom. The van der Waals surface area contributed by atoms with Gasteiger partial charge in [-0.05, 0) is 48.0 Å². The molecule has 0 aliphatic carbocycles. The van der Waals surface area contributed by atoms with E-state index in [1.807, 2.05) is 26.2 Å². The van der Waals surface area contributed by atoms with E-state index in [4.69, 9.17) is 9.47 Å². The molecule has 2 heterocycles. The summed E-state index contributed by atoms with van der Waals surface area (Å²) in [7, 11) is 0. The number of carbonyl (C=O) groups is 2. The third-order valence-corrected chi connectivity index (χ3v) is 5.02. The van der Waals surface area contributed by atoms with Crippen molar-refractivity contribution >= 4 is 28.7 Å². The van der Waals surface area contributed by atoms with Gasteiger partial charge in [0.1, 0.15) is 11.2 Å². The number of aromatic nitrogens is 1. The summed E-state index contributed by atoms with van der Waals surface area (Å²) in [4.78, 5) is 30.1. The number of nitrogens with zero attached hydrogens (tertiary/aromatic N) is 2. The van der Waals surface area contributed by atoms with Gasteiger partial charge in [0.25, 0.3) is 0 Å².